The Morgan fingerprint density at radius 2 is 2.06 bits per heavy atom. The SMILES string of the molecule is O=C(O)CS(=O)(=O)CCc1cccc(F)c1. The van der Waals surface area contributed by atoms with Crippen LogP contribution in [0.5, 0.6) is 0 Å². The molecule has 88 valence electrons. The van der Waals surface area contributed by atoms with E-state index in [9.17, 15) is 17.6 Å². The van der Waals surface area contributed by atoms with E-state index in [0.717, 1.165) is 0 Å². The van der Waals surface area contributed by atoms with E-state index >= 15 is 0 Å². The number of carboxylic acids is 1. The van der Waals surface area contributed by atoms with Gasteiger partial charge in [0.1, 0.15) is 11.6 Å². The molecule has 0 atom stereocenters. The quantitative estimate of drug-likeness (QED) is 0.836. The molecule has 0 amide bonds. The van der Waals surface area contributed by atoms with E-state index in [1.54, 1.807) is 6.07 Å². The van der Waals surface area contributed by atoms with Gasteiger partial charge in [0.15, 0.2) is 9.84 Å². The fourth-order valence-electron chi connectivity index (χ4n) is 1.23. The Kier molecular flexibility index (Phi) is 4.00. The topological polar surface area (TPSA) is 71.4 Å². The zero-order valence-electron chi connectivity index (χ0n) is 8.39. The van der Waals surface area contributed by atoms with E-state index in [1.165, 1.54) is 18.2 Å². The van der Waals surface area contributed by atoms with Crippen LogP contribution in [0.15, 0.2) is 24.3 Å². The molecule has 0 heterocycles. The maximum absolute atomic E-state index is 12.8. The highest BCUT2D eigenvalue weighted by Crippen LogP contribution is 2.06. The lowest BCUT2D eigenvalue weighted by atomic mass is 10.2. The van der Waals surface area contributed by atoms with Crippen molar-refractivity contribution in [1.82, 2.24) is 0 Å². The fourth-order valence-corrected chi connectivity index (χ4v) is 2.29. The third-order valence-electron chi connectivity index (χ3n) is 1.93. The molecule has 16 heavy (non-hydrogen) atoms. The summed E-state index contributed by atoms with van der Waals surface area (Å²) < 4.78 is 35.2. The first-order valence-corrected chi connectivity index (χ1v) is 6.38. The summed E-state index contributed by atoms with van der Waals surface area (Å²) in [5.41, 5.74) is 0.536. The number of halogens is 1. The lowest BCUT2D eigenvalue weighted by Crippen LogP contribution is -2.19. The number of hydrogen-bond donors (Lipinski definition) is 1. The number of sulfone groups is 1. The number of benzene rings is 1. The molecule has 0 fully saturated rings. The van der Waals surface area contributed by atoms with Crippen molar-refractivity contribution in [3.05, 3.63) is 35.6 Å². The Morgan fingerprint density at radius 3 is 2.62 bits per heavy atom. The standard InChI is InChI=1S/C10H11FO4S/c11-9-3-1-2-8(6-9)4-5-16(14,15)7-10(12)13/h1-3,6H,4-5,7H2,(H,12,13). The number of hydrogen-bond acceptors (Lipinski definition) is 3. The number of aryl methyl sites for hydroxylation is 1. The first kappa shape index (κ1) is 12.6. The van der Waals surface area contributed by atoms with Gasteiger partial charge in [0.05, 0.1) is 5.75 Å². The monoisotopic (exact) mass is 246 g/mol. The number of rotatable bonds is 5. The van der Waals surface area contributed by atoms with E-state index in [-0.39, 0.29) is 12.2 Å². The van der Waals surface area contributed by atoms with Crippen molar-refractivity contribution < 1.29 is 22.7 Å². The van der Waals surface area contributed by atoms with Gasteiger partial charge in [-0.3, -0.25) is 4.79 Å². The van der Waals surface area contributed by atoms with Crippen LogP contribution in [0.1, 0.15) is 5.56 Å². The molecule has 0 aromatic heterocycles. The van der Waals surface area contributed by atoms with Gasteiger partial charge in [-0.2, -0.15) is 0 Å². The van der Waals surface area contributed by atoms with E-state index < -0.39 is 27.4 Å². The highest BCUT2D eigenvalue weighted by molar-refractivity contribution is 7.92. The second kappa shape index (κ2) is 5.07. The van der Waals surface area contributed by atoms with Crippen molar-refractivity contribution in [1.29, 1.82) is 0 Å². The molecule has 0 saturated carbocycles. The summed E-state index contributed by atoms with van der Waals surface area (Å²) in [4.78, 5) is 10.2. The van der Waals surface area contributed by atoms with Gasteiger partial charge in [-0.25, -0.2) is 12.8 Å². The van der Waals surface area contributed by atoms with Gasteiger partial charge in [0, 0.05) is 0 Å². The molecule has 0 aliphatic rings. The molecule has 0 saturated heterocycles. The van der Waals surface area contributed by atoms with Crippen LogP contribution in [-0.2, 0) is 21.1 Å². The smallest absolute Gasteiger partial charge is 0.318 e. The van der Waals surface area contributed by atoms with E-state index in [0.29, 0.717) is 5.56 Å². The number of aliphatic carboxylic acids is 1. The molecule has 0 aliphatic heterocycles. The average molecular weight is 246 g/mol. The average Bonchev–Trinajstić information content (AvgIpc) is 2.13. The summed E-state index contributed by atoms with van der Waals surface area (Å²) in [6, 6.07) is 5.57. The first-order valence-electron chi connectivity index (χ1n) is 4.56. The van der Waals surface area contributed by atoms with E-state index in [2.05, 4.69) is 0 Å². The summed E-state index contributed by atoms with van der Waals surface area (Å²) in [6.07, 6.45) is 0.118. The lowest BCUT2D eigenvalue weighted by Gasteiger charge is -2.02. The van der Waals surface area contributed by atoms with Crippen LogP contribution in [0.2, 0.25) is 0 Å². The van der Waals surface area contributed by atoms with Crippen LogP contribution < -0.4 is 0 Å². The Bertz CT molecular complexity index is 481. The zero-order chi connectivity index (χ0) is 12.2. The van der Waals surface area contributed by atoms with Crippen molar-refractivity contribution in [2.45, 2.75) is 6.42 Å². The molecule has 0 bridgehead atoms. The molecular formula is C10H11FO4S. The molecule has 1 aromatic rings. The Hall–Kier alpha value is -1.43. The minimum atomic E-state index is -3.61. The largest absolute Gasteiger partial charge is 0.480 e. The third-order valence-corrected chi connectivity index (χ3v) is 3.45. The maximum Gasteiger partial charge on any atom is 0.318 e. The summed E-state index contributed by atoms with van der Waals surface area (Å²) in [6.45, 7) is 0. The van der Waals surface area contributed by atoms with E-state index in [1.807, 2.05) is 0 Å². The Morgan fingerprint density at radius 1 is 1.38 bits per heavy atom. The number of carboxylic acid groups (broad SMARTS) is 1. The van der Waals surface area contributed by atoms with Crippen LogP contribution >= 0.6 is 0 Å². The lowest BCUT2D eigenvalue weighted by molar-refractivity contribution is -0.134. The molecule has 0 aliphatic carbocycles. The van der Waals surface area contributed by atoms with Crippen molar-refractivity contribution >= 4 is 15.8 Å². The summed E-state index contributed by atoms with van der Waals surface area (Å²) in [7, 11) is -3.61. The van der Waals surface area contributed by atoms with Gasteiger partial charge in [-0.15, -0.1) is 0 Å². The van der Waals surface area contributed by atoms with Crippen LogP contribution in [0.3, 0.4) is 0 Å². The van der Waals surface area contributed by atoms with Crippen LogP contribution in [0.25, 0.3) is 0 Å². The molecular weight excluding hydrogens is 235 g/mol. The second-order valence-corrected chi connectivity index (χ2v) is 5.55. The van der Waals surface area contributed by atoms with Gasteiger partial charge in [-0.05, 0) is 24.1 Å². The molecule has 0 unspecified atom stereocenters. The zero-order valence-corrected chi connectivity index (χ0v) is 9.21. The van der Waals surface area contributed by atoms with Crippen molar-refractivity contribution in [3.63, 3.8) is 0 Å². The van der Waals surface area contributed by atoms with Gasteiger partial charge < -0.3 is 5.11 Å². The van der Waals surface area contributed by atoms with Gasteiger partial charge in [-0.1, -0.05) is 12.1 Å². The van der Waals surface area contributed by atoms with Crippen molar-refractivity contribution in [3.8, 4) is 0 Å². The third kappa shape index (κ3) is 4.39. The molecule has 1 rings (SSSR count). The number of carbonyl (C=O) groups is 1. The van der Waals surface area contributed by atoms with Gasteiger partial charge in [0.2, 0.25) is 0 Å². The highest BCUT2D eigenvalue weighted by Gasteiger charge is 2.15. The second-order valence-electron chi connectivity index (χ2n) is 3.37. The summed E-state index contributed by atoms with van der Waals surface area (Å²) in [5.74, 6) is -2.99. The van der Waals surface area contributed by atoms with Gasteiger partial charge in [0.25, 0.3) is 0 Å². The Labute approximate surface area is 92.6 Å². The minimum Gasteiger partial charge on any atom is -0.480 e. The van der Waals surface area contributed by atoms with Crippen LogP contribution in [0.4, 0.5) is 4.39 Å². The maximum atomic E-state index is 12.8. The first-order chi connectivity index (χ1) is 7.39. The Balaban J connectivity index is 2.61. The minimum absolute atomic E-state index is 0.118. The summed E-state index contributed by atoms with van der Waals surface area (Å²) >= 11 is 0. The normalized spacial score (nSPS) is 11.3. The molecule has 1 N–H and O–H groups in total. The molecule has 6 heteroatoms. The van der Waals surface area contributed by atoms with Crippen LogP contribution in [0, 0.1) is 5.82 Å². The predicted octanol–water partition coefficient (Wildman–Crippen LogP) is 0.868. The summed E-state index contributed by atoms with van der Waals surface area (Å²) in [5, 5.41) is 8.35. The molecule has 0 radical (unpaired) electrons. The molecule has 1 aromatic carbocycles. The highest BCUT2D eigenvalue weighted by atomic mass is 32.2. The van der Waals surface area contributed by atoms with E-state index in [4.69, 9.17) is 5.11 Å². The van der Waals surface area contributed by atoms with Gasteiger partial charge >= 0.3 is 5.97 Å². The van der Waals surface area contributed by atoms with Crippen molar-refractivity contribution in [2.75, 3.05) is 11.5 Å². The fraction of sp³-hybridized carbons (Fsp3) is 0.300. The molecule has 0 spiro atoms. The predicted molar refractivity (Wildman–Crippen MR) is 56.4 cm³/mol. The van der Waals surface area contributed by atoms with Crippen molar-refractivity contribution in [2.24, 2.45) is 0 Å². The van der Waals surface area contributed by atoms with Crippen LogP contribution in [-0.4, -0.2) is 31.0 Å². The molecule has 4 nitrogen and oxygen atoms in total.